The average molecular weight is 336 g/mol. The van der Waals surface area contributed by atoms with Crippen molar-refractivity contribution in [1.29, 1.82) is 0 Å². The van der Waals surface area contributed by atoms with Gasteiger partial charge in [-0.1, -0.05) is 11.6 Å². The van der Waals surface area contributed by atoms with Gasteiger partial charge in [0.1, 0.15) is 23.4 Å². The van der Waals surface area contributed by atoms with E-state index in [1.807, 2.05) is 18.2 Å². The van der Waals surface area contributed by atoms with E-state index >= 15 is 0 Å². The standard InChI is InChI=1S/C17H15ClFNO3/c1-22-12-3-5-16-10(6-12)7-13(23-16)9-20-17(21)14-8-11(18)2-4-15(14)19/h2-6,8,13H,7,9H2,1H3,(H,20,21). The smallest absolute Gasteiger partial charge is 0.254 e. The van der Waals surface area contributed by atoms with E-state index in [4.69, 9.17) is 21.1 Å². The molecule has 0 spiro atoms. The van der Waals surface area contributed by atoms with E-state index in [2.05, 4.69) is 5.32 Å². The Morgan fingerprint density at radius 2 is 2.22 bits per heavy atom. The summed E-state index contributed by atoms with van der Waals surface area (Å²) in [5.74, 6) is 0.423. The highest BCUT2D eigenvalue weighted by molar-refractivity contribution is 6.31. The highest BCUT2D eigenvalue weighted by atomic mass is 35.5. The van der Waals surface area contributed by atoms with Crippen molar-refractivity contribution in [2.45, 2.75) is 12.5 Å². The molecule has 1 heterocycles. The lowest BCUT2D eigenvalue weighted by Gasteiger charge is -2.12. The Kier molecular flexibility index (Phi) is 4.39. The van der Waals surface area contributed by atoms with Gasteiger partial charge in [-0.25, -0.2) is 4.39 Å². The van der Waals surface area contributed by atoms with Gasteiger partial charge < -0.3 is 14.8 Å². The molecule has 1 amide bonds. The first-order valence-electron chi connectivity index (χ1n) is 7.13. The fourth-order valence-corrected chi connectivity index (χ4v) is 2.68. The Labute approximate surface area is 138 Å². The van der Waals surface area contributed by atoms with E-state index in [0.717, 1.165) is 17.1 Å². The van der Waals surface area contributed by atoms with E-state index in [1.165, 1.54) is 18.2 Å². The van der Waals surface area contributed by atoms with Gasteiger partial charge in [0.2, 0.25) is 0 Å². The number of fused-ring (bicyclic) bond motifs is 1. The van der Waals surface area contributed by atoms with Crippen molar-refractivity contribution in [3.05, 3.63) is 58.4 Å². The number of hydrogen-bond donors (Lipinski definition) is 1. The second-order valence-electron chi connectivity index (χ2n) is 5.25. The molecule has 0 saturated heterocycles. The number of benzene rings is 2. The lowest BCUT2D eigenvalue weighted by molar-refractivity contribution is 0.0929. The van der Waals surface area contributed by atoms with Crippen molar-refractivity contribution in [3.8, 4) is 11.5 Å². The molecule has 2 aromatic rings. The van der Waals surface area contributed by atoms with Crippen molar-refractivity contribution in [2.75, 3.05) is 13.7 Å². The van der Waals surface area contributed by atoms with Crippen LogP contribution in [0.2, 0.25) is 5.02 Å². The van der Waals surface area contributed by atoms with Crippen LogP contribution in [-0.2, 0) is 6.42 Å². The number of nitrogens with one attached hydrogen (secondary N) is 1. The van der Waals surface area contributed by atoms with E-state index < -0.39 is 11.7 Å². The van der Waals surface area contributed by atoms with Crippen molar-refractivity contribution in [3.63, 3.8) is 0 Å². The van der Waals surface area contributed by atoms with Gasteiger partial charge in [0, 0.05) is 17.0 Å². The third-order valence-electron chi connectivity index (χ3n) is 3.67. The number of hydrogen-bond acceptors (Lipinski definition) is 3. The summed E-state index contributed by atoms with van der Waals surface area (Å²) in [7, 11) is 1.61. The molecule has 1 aliphatic heterocycles. The number of amides is 1. The molecule has 1 aliphatic rings. The SMILES string of the molecule is COc1ccc2c(c1)CC(CNC(=O)c1cc(Cl)ccc1F)O2. The quantitative estimate of drug-likeness (QED) is 0.933. The van der Waals surface area contributed by atoms with Crippen LogP contribution < -0.4 is 14.8 Å². The molecule has 6 heteroatoms. The van der Waals surface area contributed by atoms with Crippen LogP contribution in [0.15, 0.2) is 36.4 Å². The van der Waals surface area contributed by atoms with E-state index in [1.54, 1.807) is 7.11 Å². The topological polar surface area (TPSA) is 47.6 Å². The molecule has 0 fully saturated rings. The lowest BCUT2D eigenvalue weighted by atomic mass is 10.1. The van der Waals surface area contributed by atoms with E-state index in [9.17, 15) is 9.18 Å². The maximum absolute atomic E-state index is 13.7. The van der Waals surface area contributed by atoms with E-state index in [-0.39, 0.29) is 18.2 Å². The van der Waals surface area contributed by atoms with Gasteiger partial charge >= 0.3 is 0 Å². The summed E-state index contributed by atoms with van der Waals surface area (Å²) in [5, 5.41) is 2.99. The molecule has 0 saturated carbocycles. The van der Waals surface area contributed by atoms with Gasteiger partial charge in [-0.2, -0.15) is 0 Å². The van der Waals surface area contributed by atoms with Crippen LogP contribution in [0.4, 0.5) is 4.39 Å². The van der Waals surface area contributed by atoms with Crippen LogP contribution in [-0.4, -0.2) is 25.7 Å². The van der Waals surface area contributed by atoms with Crippen LogP contribution in [0.5, 0.6) is 11.5 Å². The zero-order chi connectivity index (χ0) is 16.4. The zero-order valence-electron chi connectivity index (χ0n) is 12.4. The summed E-state index contributed by atoms with van der Waals surface area (Å²) in [5.41, 5.74) is 0.951. The predicted molar refractivity (Wildman–Crippen MR) is 84.9 cm³/mol. The van der Waals surface area contributed by atoms with Crippen LogP contribution in [0.25, 0.3) is 0 Å². The number of halogens is 2. The van der Waals surface area contributed by atoms with Crippen molar-refractivity contribution >= 4 is 17.5 Å². The Bertz CT molecular complexity index is 751. The minimum atomic E-state index is -0.604. The minimum Gasteiger partial charge on any atom is -0.497 e. The Morgan fingerprint density at radius 1 is 1.39 bits per heavy atom. The van der Waals surface area contributed by atoms with Crippen LogP contribution in [0, 0.1) is 5.82 Å². The molecule has 0 aromatic heterocycles. The van der Waals surface area contributed by atoms with Crippen molar-refractivity contribution in [1.82, 2.24) is 5.32 Å². The molecule has 23 heavy (non-hydrogen) atoms. The van der Waals surface area contributed by atoms with Gasteiger partial charge in [0.05, 0.1) is 19.2 Å². The lowest BCUT2D eigenvalue weighted by Crippen LogP contribution is -2.34. The molecule has 0 bridgehead atoms. The number of carbonyl (C=O) groups excluding carboxylic acids is 1. The highest BCUT2D eigenvalue weighted by Crippen LogP contribution is 2.31. The predicted octanol–water partition coefficient (Wildman–Crippen LogP) is 3.22. The molecule has 1 atom stereocenters. The molecule has 0 aliphatic carbocycles. The Morgan fingerprint density at radius 3 is 3.00 bits per heavy atom. The summed E-state index contributed by atoms with van der Waals surface area (Å²) < 4.78 is 24.6. The number of rotatable bonds is 4. The van der Waals surface area contributed by atoms with Gasteiger partial charge in [-0.05, 0) is 36.4 Å². The largest absolute Gasteiger partial charge is 0.497 e. The molecular formula is C17H15ClFNO3. The summed E-state index contributed by atoms with van der Waals surface area (Å²) in [6.45, 7) is 0.280. The van der Waals surface area contributed by atoms with Crippen LogP contribution >= 0.6 is 11.6 Å². The summed E-state index contributed by atoms with van der Waals surface area (Å²) in [6.07, 6.45) is 0.466. The minimum absolute atomic E-state index is 0.0744. The first-order chi connectivity index (χ1) is 11.1. The monoisotopic (exact) mass is 335 g/mol. The Balaban J connectivity index is 1.61. The normalized spacial score (nSPS) is 15.7. The molecule has 1 N–H and O–H groups in total. The van der Waals surface area contributed by atoms with Gasteiger partial charge in [0.25, 0.3) is 5.91 Å². The molecule has 120 valence electrons. The van der Waals surface area contributed by atoms with Crippen LogP contribution in [0.3, 0.4) is 0 Å². The maximum Gasteiger partial charge on any atom is 0.254 e. The third kappa shape index (κ3) is 3.40. The van der Waals surface area contributed by atoms with Gasteiger partial charge in [-0.3, -0.25) is 4.79 Å². The second kappa shape index (κ2) is 6.46. The number of carbonyl (C=O) groups is 1. The first-order valence-corrected chi connectivity index (χ1v) is 7.51. The second-order valence-corrected chi connectivity index (χ2v) is 5.69. The summed E-state index contributed by atoms with van der Waals surface area (Å²) in [4.78, 5) is 12.1. The molecule has 4 nitrogen and oxygen atoms in total. The highest BCUT2D eigenvalue weighted by Gasteiger charge is 2.24. The van der Waals surface area contributed by atoms with Crippen molar-refractivity contribution < 1.29 is 18.7 Å². The number of methoxy groups -OCH3 is 1. The van der Waals surface area contributed by atoms with Gasteiger partial charge in [0.15, 0.2) is 0 Å². The van der Waals surface area contributed by atoms with Crippen LogP contribution in [0.1, 0.15) is 15.9 Å². The average Bonchev–Trinajstić information content (AvgIpc) is 2.96. The fraction of sp³-hybridized carbons (Fsp3) is 0.235. The summed E-state index contributed by atoms with van der Waals surface area (Å²) >= 11 is 5.79. The summed E-state index contributed by atoms with van der Waals surface area (Å²) in [6, 6.07) is 9.45. The Hall–Kier alpha value is -2.27. The maximum atomic E-state index is 13.7. The number of ether oxygens (including phenoxy) is 2. The molecule has 1 unspecified atom stereocenters. The molecule has 3 rings (SSSR count). The molecular weight excluding hydrogens is 321 g/mol. The fourth-order valence-electron chi connectivity index (χ4n) is 2.51. The van der Waals surface area contributed by atoms with E-state index in [0.29, 0.717) is 11.4 Å². The zero-order valence-corrected chi connectivity index (χ0v) is 13.2. The van der Waals surface area contributed by atoms with Gasteiger partial charge in [-0.15, -0.1) is 0 Å². The third-order valence-corrected chi connectivity index (χ3v) is 3.91. The van der Waals surface area contributed by atoms with Crippen molar-refractivity contribution in [2.24, 2.45) is 0 Å². The molecule has 0 radical (unpaired) electrons. The molecule has 2 aromatic carbocycles. The first kappa shape index (κ1) is 15.6.